The first-order chi connectivity index (χ1) is 33.6. The van der Waals surface area contributed by atoms with Gasteiger partial charge < -0.3 is 16.0 Å². The van der Waals surface area contributed by atoms with Gasteiger partial charge >= 0.3 is 0 Å². The average Bonchev–Trinajstić information content (AvgIpc) is 3.75. The van der Waals surface area contributed by atoms with Crippen molar-refractivity contribution in [1.29, 1.82) is 0 Å². The molecule has 2 heterocycles. The summed E-state index contributed by atoms with van der Waals surface area (Å²) in [5.41, 5.74) is 29.7. The fraction of sp³-hybridized carbons (Fsp3) is 0.111. The van der Waals surface area contributed by atoms with E-state index in [1.807, 2.05) is 36.4 Å². The molecule has 2 aliphatic carbocycles. The lowest BCUT2D eigenvalue weighted by Crippen LogP contribution is -2.32. The first-order valence-corrected chi connectivity index (χ1v) is 23.8. The van der Waals surface area contributed by atoms with Crippen LogP contribution >= 0.6 is 0 Å². The number of nitrogens with zero attached hydrogens (tertiary/aromatic N) is 3. The van der Waals surface area contributed by atoms with Crippen molar-refractivity contribution in [1.82, 2.24) is 4.57 Å². The first kappa shape index (κ1) is 42.4. The van der Waals surface area contributed by atoms with Crippen LogP contribution in [-0.2, 0) is 0 Å². The lowest BCUT2D eigenvalue weighted by molar-refractivity contribution is 0.492. The van der Waals surface area contributed by atoms with Crippen LogP contribution in [0.1, 0.15) is 53.5 Å². The lowest BCUT2D eigenvalue weighted by Gasteiger charge is -2.38. The van der Waals surface area contributed by atoms with E-state index in [2.05, 4.69) is 199 Å². The van der Waals surface area contributed by atoms with Gasteiger partial charge in [0.25, 0.3) is 0 Å². The summed E-state index contributed by atoms with van der Waals surface area (Å²) in [5.74, 6) is 0.973. The van der Waals surface area contributed by atoms with E-state index in [9.17, 15) is 0 Å². The Kier molecular flexibility index (Phi) is 11.8. The summed E-state index contributed by atoms with van der Waals surface area (Å²) >= 11 is 0. The van der Waals surface area contributed by atoms with Gasteiger partial charge in [0.15, 0.2) is 0 Å². The normalized spacial score (nSPS) is 18.9. The molecule has 1 aliphatic heterocycles. The number of allylic oxidation sites excluding steroid dienone is 9. The topological polar surface area (TPSA) is 81.7 Å². The van der Waals surface area contributed by atoms with E-state index in [0.717, 1.165) is 87.6 Å². The van der Waals surface area contributed by atoms with Gasteiger partial charge in [0.1, 0.15) is 5.84 Å². The largest absolute Gasteiger partial charge is 0.398 e. The number of hydrogen-bond donors (Lipinski definition) is 2. The summed E-state index contributed by atoms with van der Waals surface area (Å²) in [5, 5.41) is 2.48. The minimum atomic E-state index is 0.0469. The highest BCUT2D eigenvalue weighted by Gasteiger charge is 2.38. The Morgan fingerprint density at radius 3 is 1.87 bits per heavy atom. The van der Waals surface area contributed by atoms with Crippen molar-refractivity contribution in [3.05, 3.63) is 270 Å². The van der Waals surface area contributed by atoms with Crippen LogP contribution in [0.15, 0.2) is 252 Å². The Morgan fingerprint density at radius 1 is 0.618 bits per heavy atom. The molecule has 7 aromatic carbocycles. The fourth-order valence-electron chi connectivity index (χ4n) is 10.4. The second kappa shape index (κ2) is 18.9. The third-order valence-electron chi connectivity index (χ3n) is 13.7. The first-order valence-electron chi connectivity index (χ1n) is 23.8. The number of benzene rings is 7. The van der Waals surface area contributed by atoms with E-state index in [1.165, 1.54) is 33.0 Å². The molecule has 11 rings (SSSR count). The van der Waals surface area contributed by atoms with Crippen molar-refractivity contribution in [3.8, 4) is 5.69 Å². The van der Waals surface area contributed by atoms with Crippen LogP contribution in [0.25, 0.3) is 50.2 Å². The van der Waals surface area contributed by atoms with Crippen molar-refractivity contribution >= 4 is 56.0 Å². The molecule has 3 unspecified atom stereocenters. The minimum Gasteiger partial charge on any atom is -0.398 e. The number of fused-ring (bicyclic) bond motifs is 4. The Morgan fingerprint density at radius 2 is 1.21 bits per heavy atom. The summed E-state index contributed by atoms with van der Waals surface area (Å²) in [6, 6.07) is 67.6. The zero-order valence-corrected chi connectivity index (χ0v) is 38.0. The predicted molar refractivity (Wildman–Crippen MR) is 286 cm³/mol. The summed E-state index contributed by atoms with van der Waals surface area (Å²) in [7, 11) is 0. The van der Waals surface area contributed by atoms with Gasteiger partial charge in [-0.3, -0.25) is 4.99 Å². The molecule has 8 aromatic rings. The third kappa shape index (κ3) is 8.28. The van der Waals surface area contributed by atoms with Gasteiger partial charge in [-0.2, -0.15) is 0 Å². The molecule has 3 aliphatic rings. The van der Waals surface area contributed by atoms with Gasteiger partial charge in [0.05, 0.1) is 28.1 Å². The van der Waals surface area contributed by atoms with E-state index in [4.69, 9.17) is 21.5 Å². The molecule has 0 fully saturated rings. The molecule has 0 saturated carbocycles. The molecule has 1 aromatic heterocycles. The number of amidine groups is 1. The molecule has 0 saturated heterocycles. The SMILES string of the molecule is NC(=N/C(=C\CC1C=C(C2=C(c3ccccc3)N=C(C(=C(N)c3ccccc3)c3ccccc3)C3C=CCCC23)C=CC1)c1ccc(-n2c3ccccc3c3ccccc32)cc1)c1ccccc1. The second-order valence-corrected chi connectivity index (χ2v) is 17.9. The zero-order chi connectivity index (χ0) is 45.8. The van der Waals surface area contributed by atoms with Gasteiger partial charge in [-0.05, 0) is 84.1 Å². The van der Waals surface area contributed by atoms with Crippen molar-refractivity contribution in [3.63, 3.8) is 0 Å². The third-order valence-corrected chi connectivity index (χ3v) is 13.7. The molecule has 330 valence electrons. The van der Waals surface area contributed by atoms with Crippen LogP contribution in [0.2, 0.25) is 0 Å². The summed E-state index contributed by atoms with van der Waals surface area (Å²) in [6.07, 6.45) is 17.9. The molecular formula is C63H53N5. The Bertz CT molecular complexity index is 3330. The Hall–Kier alpha value is -8.28. The standard InChI is InChI=1S/C63H53N5/c64-60(46-23-7-2-8-24-46)59(45-21-5-1-6-22-45)62-54-33-14-13-32-53(54)58(61(67-62)47-25-9-3-10-26-47)49-29-19-20-43(42-49)36-41-55(66-63(65)48-27-11-4-12-28-48)44-37-39-50(40-38-44)68-56-34-17-15-30-51(56)52-31-16-18-35-57(52)68/h1-12,14-19,21-31,33-35,37-43,53-54H,13,20,32,36,64H2,(H2,65,66)/b55-41-,60-59?. The Balaban J connectivity index is 1.00. The van der Waals surface area contributed by atoms with Crippen molar-refractivity contribution in [2.75, 3.05) is 0 Å². The van der Waals surface area contributed by atoms with Gasteiger partial charge in [0, 0.05) is 50.3 Å². The maximum Gasteiger partial charge on any atom is 0.131 e. The number of hydrogen-bond acceptors (Lipinski definition) is 3. The molecule has 4 N–H and O–H groups in total. The monoisotopic (exact) mass is 879 g/mol. The minimum absolute atomic E-state index is 0.0469. The maximum absolute atomic E-state index is 7.25. The maximum atomic E-state index is 7.25. The highest BCUT2D eigenvalue weighted by Crippen LogP contribution is 2.48. The number of rotatable bonds is 11. The van der Waals surface area contributed by atoms with Crippen LogP contribution in [-0.4, -0.2) is 16.1 Å². The predicted octanol–water partition coefficient (Wildman–Crippen LogP) is 14.4. The van der Waals surface area contributed by atoms with Crippen LogP contribution in [0, 0.1) is 17.8 Å². The molecular weight excluding hydrogens is 827 g/mol. The average molecular weight is 880 g/mol. The molecule has 5 heteroatoms. The van der Waals surface area contributed by atoms with E-state index in [1.54, 1.807) is 0 Å². The smallest absolute Gasteiger partial charge is 0.131 e. The lowest BCUT2D eigenvalue weighted by atomic mass is 9.68. The van der Waals surface area contributed by atoms with Gasteiger partial charge in [-0.1, -0.05) is 206 Å². The van der Waals surface area contributed by atoms with Gasteiger partial charge in [-0.15, -0.1) is 0 Å². The highest BCUT2D eigenvalue weighted by molar-refractivity contribution is 6.33. The van der Waals surface area contributed by atoms with Gasteiger partial charge in [-0.25, -0.2) is 4.99 Å². The van der Waals surface area contributed by atoms with Crippen LogP contribution in [0.4, 0.5) is 0 Å². The number of aromatic nitrogens is 1. The molecule has 0 amide bonds. The van der Waals surface area contributed by atoms with E-state index in [-0.39, 0.29) is 17.8 Å². The molecule has 0 radical (unpaired) electrons. The van der Waals surface area contributed by atoms with Crippen LogP contribution in [0.5, 0.6) is 0 Å². The van der Waals surface area contributed by atoms with Crippen LogP contribution < -0.4 is 11.5 Å². The molecule has 3 atom stereocenters. The quantitative estimate of drug-likeness (QED) is 0.0587. The highest BCUT2D eigenvalue weighted by atomic mass is 15.0. The van der Waals surface area contributed by atoms with Gasteiger partial charge in [0.2, 0.25) is 0 Å². The van der Waals surface area contributed by atoms with E-state index < -0.39 is 0 Å². The van der Waals surface area contributed by atoms with E-state index >= 15 is 0 Å². The Labute approximate surface area is 398 Å². The van der Waals surface area contributed by atoms with E-state index in [0.29, 0.717) is 5.84 Å². The van der Waals surface area contributed by atoms with Crippen molar-refractivity contribution < 1.29 is 0 Å². The zero-order valence-electron chi connectivity index (χ0n) is 38.0. The van der Waals surface area contributed by atoms with Crippen molar-refractivity contribution in [2.45, 2.75) is 25.7 Å². The molecule has 68 heavy (non-hydrogen) atoms. The summed E-state index contributed by atoms with van der Waals surface area (Å²) < 4.78 is 2.35. The van der Waals surface area contributed by atoms with Crippen molar-refractivity contribution in [2.24, 2.45) is 39.2 Å². The summed E-state index contributed by atoms with van der Waals surface area (Å²) in [6.45, 7) is 0. The fourth-order valence-corrected chi connectivity index (χ4v) is 10.4. The summed E-state index contributed by atoms with van der Waals surface area (Å²) in [4.78, 5) is 10.9. The molecule has 5 nitrogen and oxygen atoms in total. The molecule has 0 spiro atoms. The second-order valence-electron chi connectivity index (χ2n) is 17.9. The number of nitrogens with two attached hydrogens (primary N) is 2. The number of para-hydroxylation sites is 2. The van der Waals surface area contributed by atoms with Crippen LogP contribution in [0.3, 0.4) is 0 Å². The molecule has 0 bridgehead atoms. The number of aliphatic imine (C=N–C) groups is 2.